The fraction of sp³-hybridized carbons (Fsp3) is 0.192. The zero-order valence-corrected chi connectivity index (χ0v) is 18.4. The molecule has 1 aliphatic rings. The molecule has 0 spiro atoms. The maximum absolute atomic E-state index is 13.5. The van der Waals surface area contributed by atoms with E-state index in [1.807, 2.05) is 67.3 Å². The second-order valence-electron chi connectivity index (χ2n) is 8.08. The minimum atomic E-state index is -0.378. The molecule has 0 saturated heterocycles. The quantitative estimate of drug-likeness (QED) is 0.456. The second-order valence-corrected chi connectivity index (χ2v) is 8.08. The number of ether oxygens (including phenoxy) is 1. The predicted octanol–water partition coefficient (Wildman–Crippen LogP) is 4.63. The molecule has 0 fully saturated rings. The van der Waals surface area contributed by atoms with Crippen LogP contribution in [0.1, 0.15) is 45.7 Å². The van der Waals surface area contributed by atoms with Crippen LogP contribution >= 0.6 is 0 Å². The lowest BCUT2D eigenvalue weighted by Gasteiger charge is -2.26. The standard InChI is InChI=1S/C26H24N4O3/c1-3-33-19-9-7-18(8-10-19)25-22-23(20-13-16(2)6-11-21(20)31)28-29-24(22)26(32)30(25)15-17-5-4-12-27-14-17/h4-14,25,31H,3,15H2,1-2H3,(H,28,29)/t25-/m0/s1. The van der Waals surface area contributed by atoms with E-state index in [4.69, 9.17) is 4.74 Å². The summed E-state index contributed by atoms with van der Waals surface area (Å²) < 4.78 is 5.60. The minimum absolute atomic E-state index is 0.124. The van der Waals surface area contributed by atoms with Gasteiger partial charge in [-0.1, -0.05) is 29.8 Å². The number of aromatic hydroxyl groups is 1. The first-order chi connectivity index (χ1) is 16.1. The molecule has 3 heterocycles. The van der Waals surface area contributed by atoms with Crippen LogP contribution in [0.15, 0.2) is 67.0 Å². The number of aromatic nitrogens is 3. The Bertz CT molecular complexity index is 1300. The van der Waals surface area contributed by atoms with Crippen LogP contribution in [0, 0.1) is 6.92 Å². The van der Waals surface area contributed by atoms with E-state index in [0.29, 0.717) is 30.1 Å². The molecule has 2 aromatic heterocycles. The van der Waals surface area contributed by atoms with Gasteiger partial charge in [0.2, 0.25) is 0 Å². The maximum Gasteiger partial charge on any atom is 0.273 e. The number of pyridine rings is 1. The molecule has 4 aromatic rings. The summed E-state index contributed by atoms with van der Waals surface area (Å²) in [7, 11) is 0. The van der Waals surface area contributed by atoms with Gasteiger partial charge < -0.3 is 14.7 Å². The fourth-order valence-electron chi connectivity index (χ4n) is 4.35. The van der Waals surface area contributed by atoms with Crippen molar-refractivity contribution in [3.05, 3.63) is 94.9 Å². The monoisotopic (exact) mass is 440 g/mol. The fourth-order valence-corrected chi connectivity index (χ4v) is 4.35. The van der Waals surface area contributed by atoms with Gasteiger partial charge in [0, 0.05) is 30.1 Å². The molecule has 0 unspecified atom stereocenters. The van der Waals surface area contributed by atoms with Gasteiger partial charge in [0.05, 0.1) is 12.6 Å². The highest BCUT2D eigenvalue weighted by Gasteiger charge is 2.42. The number of benzene rings is 2. The van der Waals surface area contributed by atoms with E-state index in [9.17, 15) is 9.90 Å². The summed E-state index contributed by atoms with van der Waals surface area (Å²) in [5.74, 6) is 0.755. The van der Waals surface area contributed by atoms with Crippen LogP contribution in [0.25, 0.3) is 11.3 Å². The zero-order valence-electron chi connectivity index (χ0n) is 18.4. The molecule has 0 bridgehead atoms. The van der Waals surface area contributed by atoms with Gasteiger partial charge >= 0.3 is 0 Å². The number of phenolic OH excluding ortho intramolecular Hbond substituents is 1. The minimum Gasteiger partial charge on any atom is -0.507 e. The number of aryl methyl sites for hydroxylation is 1. The van der Waals surface area contributed by atoms with Gasteiger partial charge in [-0.25, -0.2) is 0 Å². The van der Waals surface area contributed by atoms with Crippen molar-refractivity contribution in [3.63, 3.8) is 0 Å². The van der Waals surface area contributed by atoms with E-state index < -0.39 is 0 Å². The first kappa shape index (κ1) is 20.8. The van der Waals surface area contributed by atoms with Crippen molar-refractivity contribution in [3.8, 4) is 22.8 Å². The summed E-state index contributed by atoms with van der Waals surface area (Å²) in [4.78, 5) is 19.5. The molecular weight excluding hydrogens is 416 g/mol. The SMILES string of the molecule is CCOc1ccc([C@H]2c3c(-c4cc(C)ccc4O)n[nH]c3C(=O)N2Cc2cccnc2)cc1. The molecule has 7 nitrogen and oxygen atoms in total. The first-order valence-electron chi connectivity index (χ1n) is 10.9. The van der Waals surface area contributed by atoms with Crippen molar-refractivity contribution in [2.45, 2.75) is 26.4 Å². The molecule has 5 rings (SSSR count). The van der Waals surface area contributed by atoms with Crippen LogP contribution in [0.3, 0.4) is 0 Å². The number of fused-ring (bicyclic) bond motifs is 1. The van der Waals surface area contributed by atoms with Crippen molar-refractivity contribution in [1.82, 2.24) is 20.1 Å². The molecule has 0 saturated carbocycles. The lowest BCUT2D eigenvalue weighted by atomic mass is 9.95. The van der Waals surface area contributed by atoms with E-state index in [0.717, 1.165) is 28.0 Å². The molecule has 1 aliphatic heterocycles. The Morgan fingerprint density at radius 2 is 1.97 bits per heavy atom. The molecule has 2 aromatic carbocycles. The van der Waals surface area contributed by atoms with Gasteiger partial charge in [0.25, 0.3) is 5.91 Å². The van der Waals surface area contributed by atoms with Gasteiger partial charge in [0.1, 0.15) is 22.9 Å². The Labute approximate surface area is 191 Å². The van der Waals surface area contributed by atoms with E-state index in [-0.39, 0.29) is 17.7 Å². The van der Waals surface area contributed by atoms with Crippen molar-refractivity contribution in [2.75, 3.05) is 6.61 Å². The third-order valence-corrected chi connectivity index (χ3v) is 5.85. The van der Waals surface area contributed by atoms with Crippen molar-refractivity contribution in [1.29, 1.82) is 0 Å². The van der Waals surface area contributed by atoms with Gasteiger partial charge in [-0.15, -0.1) is 0 Å². The topological polar surface area (TPSA) is 91.3 Å². The van der Waals surface area contributed by atoms with Gasteiger partial charge in [-0.05, 0) is 55.3 Å². The average molecular weight is 441 g/mol. The number of rotatable bonds is 6. The number of nitrogens with one attached hydrogen (secondary N) is 1. The van der Waals surface area contributed by atoms with Gasteiger partial charge in [-0.2, -0.15) is 5.10 Å². The Morgan fingerprint density at radius 1 is 1.15 bits per heavy atom. The smallest absolute Gasteiger partial charge is 0.273 e. The number of amides is 1. The molecular formula is C26H24N4O3. The van der Waals surface area contributed by atoms with E-state index in [1.165, 1.54) is 0 Å². The summed E-state index contributed by atoms with van der Waals surface area (Å²) in [6, 6.07) is 16.6. The van der Waals surface area contributed by atoms with Crippen LogP contribution in [-0.4, -0.2) is 37.7 Å². The highest BCUT2D eigenvalue weighted by atomic mass is 16.5. The van der Waals surface area contributed by atoms with Crippen molar-refractivity contribution in [2.24, 2.45) is 0 Å². The molecule has 1 atom stereocenters. The average Bonchev–Trinajstić information content (AvgIpc) is 3.36. The van der Waals surface area contributed by atoms with Crippen LogP contribution in [0.4, 0.5) is 0 Å². The number of carbonyl (C=O) groups is 1. The summed E-state index contributed by atoms with van der Waals surface area (Å²) in [5, 5.41) is 18.0. The number of hydrogen-bond donors (Lipinski definition) is 2. The zero-order chi connectivity index (χ0) is 22.9. The van der Waals surface area contributed by atoms with Crippen molar-refractivity contribution < 1.29 is 14.6 Å². The van der Waals surface area contributed by atoms with E-state index >= 15 is 0 Å². The lowest BCUT2D eigenvalue weighted by Crippen LogP contribution is -2.29. The number of hydrogen-bond acceptors (Lipinski definition) is 5. The van der Waals surface area contributed by atoms with Crippen LogP contribution in [0.2, 0.25) is 0 Å². The Kier molecular flexibility index (Phi) is 5.30. The molecule has 166 valence electrons. The molecule has 7 heteroatoms. The van der Waals surface area contributed by atoms with E-state index in [2.05, 4.69) is 15.2 Å². The molecule has 0 radical (unpaired) electrons. The molecule has 1 amide bonds. The predicted molar refractivity (Wildman–Crippen MR) is 124 cm³/mol. The highest BCUT2D eigenvalue weighted by Crippen LogP contribution is 2.45. The van der Waals surface area contributed by atoms with Gasteiger partial charge in [0.15, 0.2) is 0 Å². The second kappa shape index (κ2) is 8.43. The largest absolute Gasteiger partial charge is 0.507 e. The molecule has 2 N–H and O–H groups in total. The number of phenols is 1. The lowest BCUT2D eigenvalue weighted by molar-refractivity contribution is 0.0730. The highest BCUT2D eigenvalue weighted by molar-refractivity contribution is 6.00. The van der Waals surface area contributed by atoms with Crippen LogP contribution < -0.4 is 4.74 Å². The summed E-state index contributed by atoms with van der Waals surface area (Å²) in [5.41, 5.74) is 5.23. The summed E-state index contributed by atoms with van der Waals surface area (Å²) in [6.07, 6.45) is 3.48. The van der Waals surface area contributed by atoms with Crippen molar-refractivity contribution >= 4 is 5.91 Å². The molecule has 33 heavy (non-hydrogen) atoms. The number of carbonyl (C=O) groups excluding carboxylic acids is 1. The summed E-state index contributed by atoms with van der Waals surface area (Å²) in [6.45, 7) is 4.88. The summed E-state index contributed by atoms with van der Waals surface area (Å²) >= 11 is 0. The molecule has 0 aliphatic carbocycles. The third kappa shape index (κ3) is 3.71. The van der Waals surface area contributed by atoms with Crippen LogP contribution in [0.5, 0.6) is 11.5 Å². The normalized spacial score (nSPS) is 15.0. The van der Waals surface area contributed by atoms with Crippen LogP contribution in [-0.2, 0) is 6.54 Å². The van der Waals surface area contributed by atoms with Gasteiger partial charge in [-0.3, -0.25) is 14.9 Å². The number of aromatic amines is 1. The first-order valence-corrected chi connectivity index (χ1v) is 10.9. The third-order valence-electron chi connectivity index (χ3n) is 5.85. The Morgan fingerprint density at radius 3 is 2.70 bits per heavy atom. The number of nitrogens with zero attached hydrogens (tertiary/aromatic N) is 3. The number of H-pyrrole nitrogens is 1. The maximum atomic E-state index is 13.5. The Hall–Kier alpha value is -4.13. The Balaban J connectivity index is 1.65. The van der Waals surface area contributed by atoms with E-state index in [1.54, 1.807) is 18.5 Å².